The van der Waals surface area contributed by atoms with Crippen molar-refractivity contribution in [2.45, 2.75) is 26.8 Å². The van der Waals surface area contributed by atoms with Gasteiger partial charge in [0.25, 0.3) is 0 Å². The van der Waals surface area contributed by atoms with Crippen LogP contribution in [0, 0.1) is 5.82 Å². The highest BCUT2D eigenvalue weighted by molar-refractivity contribution is 9.10. The zero-order valence-corrected chi connectivity index (χ0v) is 14.1. The van der Waals surface area contributed by atoms with Gasteiger partial charge in [-0.3, -0.25) is 0 Å². The van der Waals surface area contributed by atoms with Crippen molar-refractivity contribution in [3.8, 4) is 0 Å². The standard InChI is InChI=1S/C13H20BrFO3Si/c1-4-16-19(17-5-2,18-6-3)10-11-7-8-12(14)9-13(11)15/h7-9H,4-6,10H2,1-3H3. The van der Waals surface area contributed by atoms with Crippen LogP contribution in [0.2, 0.25) is 0 Å². The summed E-state index contributed by atoms with van der Waals surface area (Å²) in [5, 5.41) is 0. The molecule has 0 saturated carbocycles. The van der Waals surface area contributed by atoms with Gasteiger partial charge in [0, 0.05) is 30.3 Å². The lowest BCUT2D eigenvalue weighted by atomic mass is 10.2. The quantitative estimate of drug-likeness (QED) is 0.668. The molecule has 0 N–H and O–H groups in total. The van der Waals surface area contributed by atoms with Gasteiger partial charge in [0.2, 0.25) is 0 Å². The van der Waals surface area contributed by atoms with E-state index >= 15 is 0 Å². The van der Waals surface area contributed by atoms with E-state index in [1.807, 2.05) is 20.8 Å². The highest BCUT2D eigenvalue weighted by Crippen LogP contribution is 2.22. The van der Waals surface area contributed by atoms with Crippen molar-refractivity contribution in [2.24, 2.45) is 0 Å². The molecule has 0 aromatic heterocycles. The Kier molecular flexibility index (Phi) is 7.16. The van der Waals surface area contributed by atoms with Crippen molar-refractivity contribution >= 4 is 24.7 Å². The van der Waals surface area contributed by atoms with Gasteiger partial charge in [-0.15, -0.1) is 0 Å². The Bertz CT molecular complexity index is 386. The average Bonchev–Trinajstić information content (AvgIpc) is 2.34. The van der Waals surface area contributed by atoms with Gasteiger partial charge in [-0.05, 0) is 38.5 Å². The number of halogens is 2. The summed E-state index contributed by atoms with van der Waals surface area (Å²) < 4.78 is 31.8. The van der Waals surface area contributed by atoms with Gasteiger partial charge in [-0.2, -0.15) is 0 Å². The van der Waals surface area contributed by atoms with Gasteiger partial charge in [0.15, 0.2) is 0 Å². The molecule has 0 aliphatic carbocycles. The van der Waals surface area contributed by atoms with Crippen molar-refractivity contribution in [3.05, 3.63) is 34.1 Å². The second-order valence-corrected chi connectivity index (χ2v) is 7.40. The van der Waals surface area contributed by atoms with Crippen molar-refractivity contribution in [3.63, 3.8) is 0 Å². The minimum Gasteiger partial charge on any atom is -0.374 e. The maximum absolute atomic E-state index is 13.9. The second kappa shape index (κ2) is 8.11. The molecule has 108 valence electrons. The molecular formula is C13H20BrFO3Si. The van der Waals surface area contributed by atoms with Crippen molar-refractivity contribution in [2.75, 3.05) is 19.8 Å². The normalized spacial score (nSPS) is 11.8. The van der Waals surface area contributed by atoms with E-state index in [2.05, 4.69) is 15.9 Å². The molecule has 0 amide bonds. The lowest BCUT2D eigenvalue weighted by Crippen LogP contribution is -2.48. The second-order valence-electron chi connectivity index (χ2n) is 3.89. The third kappa shape index (κ3) is 4.96. The SMILES string of the molecule is CCO[Si](Cc1ccc(Br)cc1F)(OCC)OCC. The third-order valence-electron chi connectivity index (χ3n) is 2.51. The van der Waals surface area contributed by atoms with Crippen LogP contribution in [0.15, 0.2) is 22.7 Å². The van der Waals surface area contributed by atoms with Crippen LogP contribution in [0.4, 0.5) is 4.39 Å². The third-order valence-corrected chi connectivity index (χ3v) is 6.01. The predicted octanol–water partition coefficient (Wildman–Crippen LogP) is 3.72. The van der Waals surface area contributed by atoms with Gasteiger partial charge in [0.1, 0.15) is 5.82 Å². The highest BCUT2D eigenvalue weighted by atomic mass is 79.9. The van der Waals surface area contributed by atoms with E-state index in [-0.39, 0.29) is 5.82 Å². The summed E-state index contributed by atoms with van der Waals surface area (Å²) in [7, 11) is -2.84. The first kappa shape index (κ1) is 16.8. The van der Waals surface area contributed by atoms with Gasteiger partial charge in [-0.1, -0.05) is 22.0 Å². The molecule has 0 radical (unpaired) electrons. The first-order valence-corrected chi connectivity index (χ1v) is 9.15. The van der Waals surface area contributed by atoms with Gasteiger partial charge in [0.05, 0.1) is 0 Å². The van der Waals surface area contributed by atoms with E-state index in [0.29, 0.717) is 35.9 Å². The number of hydrogen-bond acceptors (Lipinski definition) is 3. The summed E-state index contributed by atoms with van der Waals surface area (Å²) in [6.07, 6.45) is 0. The van der Waals surface area contributed by atoms with Gasteiger partial charge in [-0.25, -0.2) is 4.39 Å². The number of rotatable bonds is 8. The van der Waals surface area contributed by atoms with E-state index in [1.54, 1.807) is 12.1 Å². The fourth-order valence-electron chi connectivity index (χ4n) is 1.84. The Morgan fingerprint density at radius 2 is 1.58 bits per heavy atom. The van der Waals surface area contributed by atoms with Crippen molar-refractivity contribution in [1.82, 2.24) is 0 Å². The lowest BCUT2D eigenvalue weighted by molar-refractivity contribution is 0.0701. The Morgan fingerprint density at radius 1 is 1.05 bits per heavy atom. The maximum atomic E-state index is 13.9. The molecule has 0 aliphatic rings. The Hall–Kier alpha value is -0.273. The molecule has 0 saturated heterocycles. The lowest BCUT2D eigenvalue weighted by Gasteiger charge is -2.28. The molecule has 0 bridgehead atoms. The minimum absolute atomic E-state index is 0.273. The summed E-state index contributed by atoms with van der Waals surface area (Å²) in [5.74, 6) is -0.273. The maximum Gasteiger partial charge on any atom is 0.505 e. The predicted molar refractivity (Wildman–Crippen MR) is 78.4 cm³/mol. The van der Waals surface area contributed by atoms with Crippen LogP contribution in [0.25, 0.3) is 0 Å². The topological polar surface area (TPSA) is 27.7 Å². The zero-order valence-electron chi connectivity index (χ0n) is 11.5. The Morgan fingerprint density at radius 3 is 2.00 bits per heavy atom. The molecule has 0 fully saturated rings. The van der Waals surface area contributed by atoms with E-state index < -0.39 is 8.80 Å². The molecule has 0 aliphatic heterocycles. The molecular weight excluding hydrogens is 331 g/mol. The average molecular weight is 351 g/mol. The summed E-state index contributed by atoms with van der Waals surface area (Å²) >= 11 is 3.25. The van der Waals surface area contributed by atoms with Crippen LogP contribution in [0.1, 0.15) is 26.3 Å². The Balaban J connectivity index is 2.97. The van der Waals surface area contributed by atoms with Gasteiger partial charge >= 0.3 is 8.80 Å². The molecule has 1 rings (SSSR count). The smallest absolute Gasteiger partial charge is 0.374 e. The van der Waals surface area contributed by atoms with Crippen molar-refractivity contribution in [1.29, 1.82) is 0 Å². The van der Waals surface area contributed by atoms with Crippen LogP contribution in [-0.2, 0) is 19.3 Å². The van der Waals surface area contributed by atoms with E-state index in [1.165, 1.54) is 6.07 Å². The largest absolute Gasteiger partial charge is 0.505 e. The van der Waals surface area contributed by atoms with E-state index in [4.69, 9.17) is 13.3 Å². The molecule has 0 spiro atoms. The summed E-state index contributed by atoms with van der Waals surface area (Å²) in [6, 6.07) is 5.33. The first-order valence-electron chi connectivity index (χ1n) is 6.42. The molecule has 0 unspecified atom stereocenters. The van der Waals surface area contributed by atoms with E-state index in [9.17, 15) is 4.39 Å². The molecule has 1 aromatic rings. The molecule has 0 heterocycles. The molecule has 1 aromatic carbocycles. The van der Waals surface area contributed by atoms with Crippen LogP contribution >= 0.6 is 15.9 Å². The van der Waals surface area contributed by atoms with E-state index in [0.717, 1.165) is 0 Å². The summed E-state index contributed by atoms with van der Waals surface area (Å²) in [4.78, 5) is 0. The number of benzene rings is 1. The van der Waals surface area contributed by atoms with Gasteiger partial charge < -0.3 is 13.3 Å². The van der Waals surface area contributed by atoms with Crippen LogP contribution in [0.3, 0.4) is 0 Å². The zero-order chi connectivity index (χ0) is 14.3. The molecule has 6 heteroatoms. The summed E-state index contributed by atoms with van der Waals surface area (Å²) in [6.45, 7) is 7.13. The van der Waals surface area contributed by atoms with Crippen LogP contribution in [0.5, 0.6) is 0 Å². The fraction of sp³-hybridized carbons (Fsp3) is 0.538. The fourth-order valence-corrected chi connectivity index (χ4v) is 4.80. The number of hydrogen-bond donors (Lipinski definition) is 0. The molecule has 19 heavy (non-hydrogen) atoms. The summed E-state index contributed by atoms with van der Waals surface area (Å²) in [5.41, 5.74) is 0.560. The van der Waals surface area contributed by atoms with Crippen LogP contribution < -0.4 is 0 Å². The molecule has 3 nitrogen and oxygen atoms in total. The highest BCUT2D eigenvalue weighted by Gasteiger charge is 2.41. The minimum atomic E-state index is -2.84. The Labute approximate surface area is 123 Å². The van der Waals surface area contributed by atoms with Crippen molar-refractivity contribution < 1.29 is 17.7 Å². The first-order chi connectivity index (χ1) is 9.06. The monoisotopic (exact) mass is 350 g/mol. The van der Waals surface area contributed by atoms with Crippen LogP contribution in [-0.4, -0.2) is 28.6 Å². The molecule has 0 atom stereocenters.